The number of rotatable bonds is 11. The maximum absolute atomic E-state index is 13.1. The lowest BCUT2D eigenvalue weighted by molar-refractivity contribution is 0.165. The van der Waals surface area contributed by atoms with Crippen LogP contribution in [-0.2, 0) is 16.6 Å². The first-order chi connectivity index (χ1) is 19.2. The van der Waals surface area contributed by atoms with E-state index >= 15 is 0 Å². The molecule has 4 rings (SSSR count). The van der Waals surface area contributed by atoms with Crippen molar-refractivity contribution in [3.63, 3.8) is 0 Å². The largest absolute Gasteiger partial charge is 0.457 e. The SMILES string of the molecule is CCC(O)CNC(=O)N(c1ccccc1)C1CCN(Cc2ccc(Oc3ccc(NS(C)(=O)=O)cc3)cc2)CC1.Cl. The van der Waals surface area contributed by atoms with Crippen LogP contribution in [0.25, 0.3) is 0 Å². The van der Waals surface area contributed by atoms with E-state index in [4.69, 9.17) is 4.74 Å². The molecule has 3 aromatic carbocycles. The summed E-state index contributed by atoms with van der Waals surface area (Å²) in [5, 5.41) is 12.8. The molecule has 1 fully saturated rings. The molecule has 41 heavy (non-hydrogen) atoms. The van der Waals surface area contributed by atoms with Gasteiger partial charge < -0.3 is 15.2 Å². The summed E-state index contributed by atoms with van der Waals surface area (Å²) in [5.41, 5.74) is 2.52. The summed E-state index contributed by atoms with van der Waals surface area (Å²) in [5.74, 6) is 1.31. The first-order valence-electron chi connectivity index (χ1n) is 13.6. The van der Waals surface area contributed by atoms with Gasteiger partial charge in [0.15, 0.2) is 0 Å². The number of anilines is 2. The van der Waals surface area contributed by atoms with Gasteiger partial charge in [-0.2, -0.15) is 0 Å². The summed E-state index contributed by atoms with van der Waals surface area (Å²) in [6.07, 6.45) is 2.86. The Morgan fingerprint density at radius 2 is 1.59 bits per heavy atom. The molecular formula is C30H39ClN4O5S. The van der Waals surface area contributed by atoms with Gasteiger partial charge in [0.05, 0.1) is 12.4 Å². The Bertz CT molecular complexity index is 1330. The number of halogens is 1. The van der Waals surface area contributed by atoms with E-state index < -0.39 is 16.1 Å². The van der Waals surface area contributed by atoms with Crippen molar-refractivity contribution >= 4 is 39.8 Å². The van der Waals surface area contributed by atoms with Crippen molar-refractivity contribution in [2.45, 2.75) is 44.9 Å². The minimum absolute atomic E-state index is 0. The molecule has 11 heteroatoms. The highest BCUT2D eigenvalue weighted by atomic mass is 35.5. The Labute approximate surface area is 249 Å². The highest BCUT2D eigenvalue weighted by Gasteiger charge is 2.29. The zero-order chi connectivity index (χ0) is 28.5. The second kappa shape index (κ2) is 15.1. The number of benzene rings is 3. The Morgan fingerprint density at radius 3 is 2.15 bits per heavy atom. The number of hydrogen-bond donors (Lipinski definition) is 3. The third-order valence-electron chi connectivity index (χ3n) is 6.86. The summed E-state index contributed by atoms with van der Waals surface area (Å²) in [6, 6.07) is 24.3. The Balaban J connectivity index is 0.00000462. The van der Waals surface area contributed by atoms with E-state index in [-0.39, 0.29) is 31.0 Å². The Hall–Kier alpha value is -3.31. The maximum Gasteiger partial charge on any atom is 0.322 e. The van der Waals surface area contributed by atoms with Gasteiger partial charge in [0.25, 0.3) is 0 Å². The quantitative estimate of drug-likeness (QED) is 0.277. The van der Waals surface area contributed by atoms with Crippen molar-refractivity contribution in [1.29, 1.82) is 0 Å². The maximum atomic E-state index is 13.1. The number of ether oxygens (including phenoxy) is 1. The molecule has 1 aliphatic rings. The molecule has 1 atom stereocenters. The van der Waals surface area contributed by atoms with Crippen LogP contribution in [-0.4, -0.2) is 62.5 Å². The number of aliphatic hydroxyl groups is 1. The molecule has 0 aliphatic carbocycles. The molecule has 2 amide bonds. The van der Waals surface area contributed by atoms with Gasteiger partial charge in [-0.1, -0.05) is 37.3 Å². The topological polar surface area (TPSA) is 111 Å². The minimum atomic E-state index is -3.32. The summed E-state index contributed by atoms with van der Waals surface area (Å²) >= 11 is 0. The molecule has 1 aliphatic heterocycles. The summed E-state index contributed by atoms with van der Waals surface area (Å²) in [7, 11) is -3.32. The molecule has 3 N–H and O–H groups in total. The molecule has 0 spiro atoms. The predicted molar refractivity (Wildman–Crippen MR) is 166 cm³/mol. The second-order valence-corrected chi connectivity index (χ2v) is 11.9. The third kappa shape index (κ3) is 9.93. The molecule has 0 radical (unpaired) electrons. The van der Waals surface area contributed by atoms with Crippen molar-refractivity contribution < 1.29 is 23.1 Å². The van der Waals surface area contributed by atoms with Crippen LogP contribution in [0.2, 0.25) is 0 Å². The van der Waals surface area contributed by atoms with E-state index in [0.717, 1.165) is 44.4 Å². The number of hydrogen-bond acceptors (Lipinski definition) is 6. The number of urea groups is 1. The van der Waals surface area contributed by atoms with Crippen molar-refractivity contribution in [2.75, 3.05) is 35.5 Å². The van der Waals surface area contributed by atoms with E-state index in [1.807, 2.05) is 66.4 Å². The molecule has 1 unspecified atom stereocenters. The number of carbonyl (C=O) groups excluding carboxylic acids is 1. The van der Waals surface area contributed by atoms with Crippen molar-refractivity contribution in [3.8, 4) is 11.5 Å². The first kappa shape index (κ1) is 32.2. The lowest BCUT2D eigenvalue weighted by atomic mass is 10.0. The zero-order valence-electron chi connectivity index (χ0n) is 23.4. The second-order valence-electron chi connectivity index (χ2n) is 10.1. The van der Waals surface area contributed by atoms with Gasteiger partial charge in [-0.05, 0) is 73.4 Å². The van der Waals surface area contributed by atoms with Crippen LogP contribution in [0.4, 0.5) is 16.2 Å². The van der Waals surface area contributed by atoms with Crippen molar-refractivity contribution in [3.05, 3.63) is 84.4 Å². The fourth-order valence-electron chi connectivity index (χ4n) is 4.72. The van der Waals surface area contributed by atoms with Gasteiger partial charge in [-0.25, -0.2) is 13.2 Å². The van der Waals surface area contributed by atoms with Crippen LogP contribution >= 0.6 is 12.4 Å². The summed E-state index contributed by atoms with van der Waals surface area (Å²) in [6.45, 7) is 4.67. The molecule has 1 saturated heterocycles. The highest BCUT2D eigenvalue weighted by molar-refractivity contribution is 7.92. The molecule has 9 nitrogen and oxygen atoms in total. The number of nitrogens with zero attached hydrogens (tertiary/aromatic N) is 2. The van der Waals surface area contributed by atoms with Gasteiger partial charge >= 0.3 is 6.03 Å². The molecule has 1 heterocycles. The number of amides is 2. The van der Waals surface area contributed by atoms with Crippen molar-refractivity contribution in [1.82, 2.24) is 10.2 Å². The lowest BCUT2D eigenvalue weighted by Gasteiger charge is -2.38. The average molecular weight is 603 g/mol. The van der Waals surface area contributed by atoms with Crippen LogP contribution in [0.3, 0.4) is 0 Å². The fourth-order valence-corrected chi connectivity index (χ4v) is 5.28. The smallest absolute Gasteiger partial charge is 0.322 e. The summed E-state index contributed by atoms with van der Waals surface area (Å²) in [4.78, 5) is 17.4. The minimum Gasteiger partial charge on any atom is -0.457 e. The molecule has 3 aromatic rings. The van der Waals surface area contributed by atoms with Crippen LogP contribution in [0.5, 0.6) is 11.5 Å². The molecule has 0 saturated carbocycles. The highest BCUT2D eigenvalue weighted by Crippen LogP contribution is 2.26. The van der Waals surface area contributed by atoms with Gasteiger partial charge in [0, 0.05) is 43.6 Å². The normalized spacial score (nSPS) is 14.9. The Kier molecular flexibility index (Phi) is 11.8. The number of aliphatic hydroxyl groups excluding tert-OH is 1. The van der Waals surface area contributed by atoms with Crippen LogP contribution < -0.4 is 19.7 Å². The van der Waals surface area contributed by atoms with E-state index in [2.05, 4.69) is 14.9 Å². The molecule has 0 bridgehead atoms. The zero-order valence-corrected chi connectivity index (χ0v) is 25.0. The standard InChI is InChI=1S/C30H38N4O5S.ClH/c1-3-27(35)21-31-30(36)34(25-7-5-4-6-8-25)26-17-19-33(20-18-26)22-23-9-13-28(14-10-23)39-29-15-11-24(12-16-29)32-40(2,37)38;/h4-16,26-27,32,35H,3,17-22H2,1-2H3,(H,31,36);1H. The number of sulfonamides is 1. The fraction of sp³-hybridized carbons (Fsp3) is 0.367. The first-order valence-corrected chi connectivity index (χ1v) is 15.5. The van der Waals surface area contributed by atoms with Crippen LogP contribution in [0.1, 0.15) is 31.7 Å². The van der Waals surface area contributed by atoms with E-state index in [1.54, 1.807) is 24.3 Å². The van der Waals surface area contributed by atoms with E-state index in [9.17, 15) is 18.3 Å². The third-order valence-corrected chi connectivity index (χ3v) is 7.46. The number of likely N-dealkylation sites (tertiary alicyclic amines) is 1. The van der Waals surface area contributed by atoms with Crippen molar-refractivity contribution in [2.24, 2.45) is 0 Å². The average Bonchev–Trinajstić information content (AvgIpc) is 2.95. The van der Waals surface area contributed by atoms with Gasteiger partial charge in [-0.15, -0.1) is 12.4 Å². The lowest BCUT2D eigenvalue weighted by Crippen LogP contribution is -2.52. The summed E-state index contributed by atoms with van der Waals surface area (Å²) < 4.78 is 31.1. The van der Waals surface area contributed by atoms with Crippen LogP contribution in [0.15, 0.2) is 78.9 Å². The van der Waals surface area contributed by atoms with Crippen LogP contribution in [0, 0.1) is 0 Å². The number of carbonyl (C=O) groups is 1. The molecule has 222 valence electrons. The molecular weight excluding hydrogens is 564 g/mol. The van der Waals surface area contributed by atoms with E-state index in [0.29, 0.717) is 23.6 Å². The van der Waals surface area contributed by atoms with Gasteiger partial charge in [-0.3, -0.25) is 14.5 Å². The number of piperidine rings is 1. The number of para-hydroxylation sites is 1. The number of nitrogens with one attached hydrogen (secondary N) is 2. The monoisotopic (exact) mass is 602 g/mol. The Morgan fingerprint density at radius 1 is 1.00 bits per heavy atom. The van der Waals surface area contributed by atoms with E-state index in [1.165, 1.54) is 5.56 Å². The molecule has 0 aromatic heterocycles. The van der Waals surface area contributed by atoms with Gasteiger partial charge in [0.1, 0.15) is 11.5 Å². The van der Waals surface area contributed by atoms with Gasteiger partial charge in [0.2, 0.25) is 10.0 Å². The predicted octanol–water partition coefficient (Wildman–Crippen LogP) is 5.22.